The fourth-order valence-corrected chi connectivity index (χ4v) is 1.53. The quantitative estimate of drug-likeness (QED) is 0.695. The highest BCUT2D eigenvalue weighted by molar-refractivity contribution is 5.33. The molecule has 0 saturated carbocycles. The van der Waals surface area contributed by atoms with Gasteiger partial charge in [-0.15, -0.1) is 0 Å². The summed E-state index contributed by atoms with van der Waals surface area (Å²) in [4.78, 5) is 4.21. The van der Waals surface area contributed by atoms with E-state index in [4.69, 9.17) is 4.74 Å². The third-order valence-electron chi connectivity index (χ3n) is 1.93. The molecule has 84 valence electrons. The van der Waals surface area contributed by atoms with Gasteiger partial charge < -0.3 is 14.5 Å². The summed E-state index contributed by atoms with van der Waals surface area (Å²) >= 11 is 0. The van der Waals surface area contributed by atoms with Crippen LogP contribution in [0.4, 0.5) is 0 Å². The second kappa shape index (κ2) is 5.14. The first kappa shape index (κ1) is 12.0. The van der Waals surface area contributed by atoms with Gasteiger partial charge in [0.2, 0.25) is 0 Å². The molecule has 0 aromatic rings. The van der Waals surface area contributed by atoms with E-state index in [1.54, 1.807) is 0 Å². The third-order valence-corrected chi connectivity index (χ3v) is 1.93. The van der Waals surface area contributed by atoms with Crippen molar-refractivity contribution in [1.82, 2.24) is 9.80 Å². The van der Waals surface area contributed by atoms with Gasteiger partial charge in [0.25, 0.3) is 0 Å². The topological polar surface area (TPSA) is 15.7 Å². The van der Waals surface area contributed by atoms with Crippen LogP contribution in [0.5, 0.6) is 0 Å². The summed E-state index contributed by atoms with van der Waals surface area (Å²) in [7, 11) is 8.16. The lowest BCUT2D eigenvalue weighted by Gasteiger charge is -2.21. The van der Waals surface area contributed by atoms with Crippen LogP contribution in [-0.4, -0.2) is 51.1 Å². The summed E-state index contributed by atoms with van der Waals surface area (Å²) in [6.07, 6.45) is 4.08. The molecule has 0 saturated heterocycles. The van der Waals surface area contributed by atoms with Gasteiger partial charge in [0.1, 0.15) is 11.5 Å². The molecular weight excluding hydrogens is 188 g/mol. The maximum Gasteiger partial charge on any atom is 0.120 e. The predicted octanol–water partition coefficient (Wildman–Crippen LogP) is 1.46. The van der Waals surface area contributed by atoms with Gasteiger partial charge in [0.15, 0.2) is 0 Å². The summed E-state index contributed by atoms with van der Waals surface area (Å²) < 4.78 is 5.54. The second-order valence-electron chi connectivity index (χ2n) is 4.37. The van der Waals surface area contributed by atoms with E-state index in [-0.39, 0.29) is 0 Å². The maximum absolute atomic E-state index is 5.54. The number of rotatable bonds is 4. The van der Waals surface area contributed by atoms with Crippen LogP contribution in [0.3, 0.4) is 0 Å². The third kappa shape index (κ3) is 4.32. The van der Waals surface area contributed by atoms with E-state index in [2.05, 4.69) is 36.6 Å². The molecule has 1 heterocycles. The van der Waals surface area contributed by atoms with Crippen LogP contribution < -0.4 is 0 Å². The standard InChI is InChI=1S/C12H20N2O/c1-10-6-11(8-13(2)3)7-12(15-10)9-14(4)5/h6-7H,1,8-9H2,2-5H3. The molecule has 3 heteroatoms. The van der Waals surface area contributed by atoms with Crippen molar-refractivity contribution in [3.63, 3.8) is 0 Å². The Morgan fingerprint density at radius 3 is 2.20 bits per heavy atom. The molecule has 0 aromatic heterocycles. The van der Waals surface area contributed by atoms with E-state index in [9.17, 15) is 0 Å². The first-order chi connectivity index (χ1) is 6.97. The highest BCUT2D eigenvalue weighted by atomic mass is 16.5. The lowest BCUT2D eigenvalue weighted by Crippen LogP contribution is -2.20. The van der Waals surface area contributed by atoms with Gasteiger partial charge in [-0.25, -0.2) is 0 Å². The van der Waals surface area contributed by atoms with Gasteiger partial charge >= 0.3 is 0 Å². The Bertz CT molecular complexity index is 301. The Kier molecular flexibility index (Phi) is 4.12. The van der Waals surface area contributed by atoms with Crippen LogP contribution in [0.2, 0.25) is 0 Å². The molecule has 0 N–H and O–H groups in total. The van der Waals surface area contributed by atoms with E-state index in [0.29, 0.717) is 0 Å². The molecule has 1 aliphatic rings. The number of hydrogen-bond acceptors (Lipinski definition) is 3. The molecule has 0 atom stereocenters. The number of likely N-dealkylation sites (N-methyl/N-ethyl adjacent to an activating group) is 2. The van der Waals surface area contributed by atoms with E-state index in [1.165, 1.54) is 5.57 Å². The molecule has 3 nitrogen and oxygen atoms in total. The van der Waals surface area contributed by atoms with Gasteiger partial charge in [-0.05, 0) is 45.9 Å². The van der Waals surface area contributed by atoms with E-state index >= 15 is 0 Å². The van der Waals surface area contributed by atoms with Crippen LogP contribution in [0.15, 0.2) is 35.8 Å². The van der Waals surface area contributed by atoms with Crippen molar-refractivity contribution < 1.29 is 4.74 Å². The largest absolute Gasteiger partial charge is 0.461 e. The molecule has 0 spiro atoms. The molecule has 15 heavy (non-hydrogen) atoms. The van der Waals surface area contributed by atoms with Crippen molar-refractivity contribution in [2.24, 2.45) is 0 Å². The summed E-state index contributed by atoms with van der Waals surface area (Å²) in [6.45, 7) is 5.58. The lowest BCUT2D eigenvalue weighted by molar-refractivity contribution is 0.267. The molecule has 1 aliphatic heterocycles. The molecular formula is C12H20N2O. The molecule has 0 unspecified atom stereocenters. The zero-order valence-corrected chi connectivity index (χ0v) is 10.1. The molecule has 1 rings (SSSR count). The van der Waals surface area contributed by atoms with Crippen molar-refractivity contribution in [1.29, 1.82) is 0 Å². The van der Waals surface area contributed by atoms with Crippen molar-refractivity contribution in [3.8, 4) is 0 Å². The van der Waals surface area contributed by atoms with Crippen molar-refractivity contribution in [3.05, 3.63) is 35.8 Å². The number of ether oxygens (including phenoxy) is 1. The zero-order valence-electron chi connectivity index (χ0n) is 10.1. The molecule has 0 radical (unpaired) electrons. The first-order valence-corrected chi connectivity index (χ1v) is 5.04. The fourth-order valence-electron chi connectivity index (χ4n) is 1.53. The van der Waals surface area contributed by atoms with Crippen molar-refractivity contribution in [2.75, 3.05) is 41.3 Å². The number of allylic oxidation sites excluding steroid dienone is 1. The predicted molar refractivity (Wildman–Crippen MR) is 63.5 cm³/mol. The van der Waals surface area contributed by atoms with Gasteiger partial charge in [-0.2, -0.15) is 0 Å². The van der Waals surface area contributed by atoms with Crippen LogP contribution in [0.1, 0.15) is 0 Å². The Hall–Kier alpha value is -1.06. The average molecular weight is 208 g/mol. The van der Waals surface area contributed by atoms with E-state index < -0.39 is 0 Å². The fraction of sp³-hybridized carbons (Fsp3) is 0.500. The smallest absolute Gasteiger partial charge is 0.120 e. The van der Waals surface area contributed by atoms with E-state index in [0.717, 1.165) is 24.6 Å². The Morgan fingerprint density at radius 2 is 1.67 bits per heavy atom. The van der Waals surface area contributed by atoms with Gasteiger partial charge in [0.05, 0.1) is 6.54 Å². The monoisotopic (exact) mass is 208 g/mol. The molecule has 0 aromatic carbocycles. The van der Waals surface area contributed by atoms with Crippen molar-refractivity contribution in [2.45, 2.75) is 0 Å². The van der Waals surface area contributed by atoms with Crippen molar-refractivity contribution >= 4 is 0 Å². The molecule has 0 aliphatic carbocycles. The SMILES string of the molecule is C=C1C=C(CN(C)C)C=C(CN(C)C)O1. The summed E-state index contributed by atoms with van der Waals surface area (Å²) in [5.41, 5.74) is 1.24. The number of nitrogens with zero attached hydrogens (tertiary/aromatic N) is 2. The lowest BCUT2D eigenvalue weighted by atomic mass is 10.1. The van der Waals surface area contributed by atoms with Crippen LogP contribution >= 0.6 is 0 Å². The average Bonchev–Trinajstić information content (AvgIpc) is 1.98. The van der Waals surface area contributed by atoms with Crippen LogP contribution in [0, 0.1) is 0 Å². The minimum Gasteiger partial charge on any atom is -0.461 e. The second-order valence-corrected chi connectivity index (χ2v) is 4.37. The van der Waals surface area contributed by atoms with Crippen LogP contribution in [0.25, 0.3) is 0 Å². The highest BCUT2D eigenvalue weighted by Crippen LogP contribution is 2.18. The first-order valence-electron chi connectivity index (χ1n) is 5.04. The number of hydrogen-bond donors (Lipinski definition) is 0. The molecule has 0 amide bonds. The Labute approximate surface area is 92.3 Å². The van der Waals surface area contributed by atoms with Gasteiger partial charge in [-0.1, -0.05) is 6.58 Å². The molecule has 0 fully saturated rings. The maximum atomic E-state index is 5.54. The zero-order chi connectivity index (χ0) is 11.4. The minimum absolute atomic E-state index is 0.728. The summed E-state index contributed by atoms with van der Waals surface area (Å²) in [6, 6.07) is 0. The Morgan fingerprint density at radius 1 is 1.07 bits per heavy atom. The van der Waals surface area contributed by atoms with Gasteiger partial charge in [0, 0.05) is 6.54 Å². The summed E-state index contributed by atoms with van der Waals surface area (Å²) in [5, 5.41) is 0. The highest BCUT2D eigenvalue weighted by Gasteiger charge is 2.10. The summed E-state index contributed by atoms with van der Waals surface area (Å²) in [5.74, 6) is 1.69. The molecule has 0 bridgehead atoms. The normalized spacial score (nSPS) is 16.5. The van der Waals surface area contributed by atoms with E-state index in [1.807, 2.05) is 20.2 Å². The minimum atomic E-state index is 0.728. The van der Waals surface area contributed by atoms with Gasteiger partial charge in [-0.3, -0.25) is 0 Å². The Balaban J connectivity index is 2.70. The van der Waals surface area contributed by atoms with Crippen LogP contribution in [-0.2, 0) is 4.74 Å².